The van der Waals surface area contributed by atoms with E-state index >= 15 is 0 Å². The average molecular weight is 317 g/mol. The van der Waals surface area contributed by atoms with Crippen molar-refractivity contribution in [2.24, 2.45) is 0 Å². The molecule has 0 spiro atoms. The van der Waals surface area contributed by atoms with Gasteiger partial charge >= 0.3 is 11.9 Å². The summed E-state index contributed by atoms with van der Waals surface area (Å²) in [5.41, 5.74) is 2.42. The fourth-order valence-corrected chi connectivity index (χ4v) is 3.11. The molecule has 3 rings (SSSR count). The molecule has 0 amide bonds. The normalized spacial score (nSPS) is 12.8. The Kier molecular flexibility index (Phi) is 3.90. The fraction of sp³-hybridized carbons (Fsp3) is 0.294. The molecule has 120 valence electrons. The third-order valence-electron chi connectivity index (χ3n) is 4.06. The standard InChI is InChI=1S/C17H16FNO4/c1-22-16(20)13-12-4-3-9-19(12)15(14(13)17(21)23-2)10-5-7-11(18)8-6-10/h5-8H,3-4,9H2,1-2H3. The highest BCUT2D eigenvalue weighted by atomic mass is 19.1. The van der Waals surface area contributed by atoms with Crippen LogP contribution in [0.4, 0.5) is 4.39 Å². The first-order valence-electron chi connectivity index (χ1n) is 7.26. The minimum atomic E-state index is -0.605. The molecule has 0 unspecified atom stereocenters. The molecule has 0 fully saturated rings. The maximum atomic E-state index is 13.2. The van der Waals surface area contributed by atoms with E-state index in [1.165, 1.54) is 26.4 Å². The molecule has 2 heterocycles. The summed E-state index contributed by atoms with van der Waals surface area (Å²) in [7, 11) is 2.54. The van der Waals surface area contributed by atoms with Gasteiger partial charge in [-0.1, -0.05) is 0 Å². The van der Waals surface area contributed by atoms with Gasteiger partial charge in [0.25, 0.3) is 0 Å². The summed E-state index contributed by atoms with van der Waals surface area (Å²) in [5.74, 6) is -1.54. The fourth-order valence-electron chi connectivity index (χ4n) is 3.11. The number of fused-ring (bicyclic) bond motifs is 1. The molecule has 6 heteroatoms. The molecule has 0 N–H and O–H groups in total. The van der Waals surface area contributed by atoms with Gasteiger partial charge < -0.3 is 14.0 Å². The van der Waals surface area contributed by atoms with Crippen LogP contribution in [0.15, 0.2) is 24.3 Å². The van der Waals surface area contributed by atoms with Crippen LogP contribution < -0.4 is 0 Å². The van der Waals surface area contributed by atoms with Gasteiger partial charge in [0.1, 0.15) is 11.4 Å². The highest BCUT2D eigenvalue weighted by Gasteiger charge is 2.34. The van der Waals surface area contributed by atoms with Crippen molar-refractivity contribution in [2.75, 3.05) is 14.2 Å². The molecule has 0 atom stereocenters. The number of carbonyl (C=O) groups is 2. The van der Waals surface area contributed by atoms with E-state index in [2.05, 4.69) is 0 Å². The van der Waals surface area contributed by atoms with Crippen molar-refractivity contribution >= 4 is 11.9 Å². The Bertz CT molecular complexity index is 777. The van der Waals surface area contributed by atoms with E-state index in [1.54, 1.807) is 12.1 Å². The second kappa shape index (κ2) is 5.87. The maximum Gasteiger partial charge on any atom is 0.340 e. The van der Waals surface area contributed by atoms with Crippen LogP contribution >= 0.6 is 0 Å². The predicted molar refractivity (Wildman–Crippen MR) is 80.8 cm³/mol. The molecule has 23 heavy (non-hydrogen) atoms. The van der Waals surface area contributed by atoms with Crippen molar-refractivity contribution in [3.63, 3.8) is 0 Å². The third kappa shape index (κ3) is 2.40. The van der Waals surface area contributed by atoms with Crippen molar-refractivity contribution in [3.05, 3.63) is 46.9 Å². The molecule has 0 bridgehead atoms. The molecule has 0 saturated carbocycles. The lowest BCUT2D eigenvalue weighted by Crippen LogP contribution is -2.12. The molecular formula is C17H16FNO4. The Morgan fingerprint density at radius 1 is 1.04 bits per heavy atom. The first-order chi connectivity index (χ1) is 11.1. The van der Waals surface area contributed by atoms with Crippen LogP contribution in [0, 0.1) is 5.82 Å². The molecule has 1 aliphatic rings. The summed E-state index contributed by atoms with van der Waals surface area (Å²) >= 11 is 0. The number of hydrogen-bond donors (Lipinski definition) is 0. The lowest BCUT2D eigenvalue weighted by molar-refractivity contribution is 0.0556. The number of ether oxygens (including phenoxy) is 2. The van der Waals surface area contributed by atoms with E-state index in [0.29, 0.717) is 24.2 Å². The zero-order valence-electron chi connectivity index (χ0n) is 12.9. The van der Waals surface area contributed by atoms with Gasteiger partial charge in [0, 0.05) is 12.2 Å². The first kappa shape index (κ1) is 15.3. The van der Waals surface area contributed by atoms with Gasteiger partial charge in [-0.3, -0.25) is 0 Å². The number of hydrogen-bond acceptors (Lipinski definition) is 4. The summed E-state index contributed by atoms with van der Waals surface area (Å²) in [6, 6.07) is 5.82. The lowest BCUT2D eigenvalue weighted by atomic mass is 10.0. The summed E-state index contributed by atoms with van der Waals surface area (Å²) < 4.78 is 24.8. The summed E-state index contributed by atoms with van der Waals surface area (Å²) in [4.78, 5) is 24.5. The molecule has 2 aromatic rings. The molecule has 0 aliphatic carbocycles. The van der Waals surface area contributed by atoms with Crippen molar-refractivity contribution in [3.8, 4) is 11.3 Å². The van der Waals surface area contributed by atoms with E-state index < -0.39 is 11.9 Å². The van der Waals surface area contributed by atoms with Gasteiger partial charge in [0.15, 0.2) is 0 Å². The monoisotopic (exact) mass is 317 g/mol. The third-order valence-corrected chi connectivity index (χ3v) is 4.06. The maximum absolute atomic E-state index is 13.2. The molecule has 1 aliphatic heterocycles. The largest absolute Gasteiger partial charge is 0.465 e. The van der Waals surface area contributed by atoms with Crippen molar-refractivity contribution in [2.45, 2.75) is 19.4 Å². The Morgan fingerprint density at radius 2 is 1.65 bits per heavy atom. The quantitative estimate of drug-likeness (QED) is 0.817. The van der Waals surface area contributed by atoms with Crippen LogP contribution in [0.25, 0.3) is 11.3 Å². The number of nitrogens with zero attached hydrogens (tertiary/aromatic N) is 1. The molecule has 0 radical (unpaired) electrons. The Morgan fingerprint density at radius 3 is 2.26 bits per heavy atom. The summed E-state index contributed by atoms with van der Waals surface area (Å²) in [6.45, 7) is 0.684. The van der Waals surface area contributed by atoms with Gasteiger partial charge in [-0.15, -0.1) is 0 Å². The highest BCUT2D eigenvalue weighted by Crippen LogP contribution is 2.36. The van der Waals surface area contributed by atoms with Crippen LogP contribution in [0.1, 0.15) is 32.8 Å². The number of carbonyl (C=O) groups excluding carboxylic acids is 2. The first-order valence-corrected chi connectivity index (χ1v) is 7.26. The van der Waals surface area contributed by atoms with Gasteiger partial charge in [-0.25, -0.2) is 14.0 Å². The minimum absolute atomic E-state index is 0.181. The number of rotatable bonds is 3. The SMILES string of the molecule is COC(=O)c1c(C(=O)OC)c(-c2ccc(F)cc2)n2c1CCC2. The van der Waals surface area contributed by atoms with E-state index in [4.69, 9.17) is 9.47 Å². The van der Waals surface area contributed by atoms with Gasteiger partial charge in [-0.2, -0.15) is 0 Å². The van der Waals surface area contributed by atoms with Gasteiger partial charge in [0.05, 0.1) is 25.5 Å². The number of halogens is 1. The van der Waals surface area contributed by atoms with E-state index in [9.17, 15) is 14.0 Å². The molecule has 1 aromatic carbocycles. The Balaban J connectivity index is 2.31. The Labute approximate surface area is 132 Å². The van der Waals surface area contributed by atoms with E-state index in [0.717, 1.165) is 12.1 Å². The van der Waals surface area contributed by atoms with Gasteiger partial charge in [0.2, 0.25) is 0 Å². The second-order valence-corrected chi connectivity index (χ2v) is 5.29. The van der Waals surface area contributed by atoms with Crippen LogP contribution in [-0.4, -0.2) is 30.7 Å². The summed E-state index contributed by atoms with van der Waals surface area (Å²) in [6.07, 6.45) is 1.55. The molecule has 5 nitrogen and oxygen atoms in total. The lowest BCUT2D eigenvalue weighted by Gasteiger charge is -2.09. The van der Waals surface area contributed by atoms with E-state index in [-0.39, 0.29) is 16.9 Å². The number of methoxy groups -OCH3 is 2. The van der Waals surface area contributed by atoms with Crippen LogP contribution in [0.3, 0.4) is 0 Å². The van der Waals surface area contributed by atoms with Crippen molar-refractivity contribution in [1.82, 2.24) is 4.57 Å². The molecular weight excluding hydrogens is 301 g/mol. The number of esters is 2. The molecule has 1 aromatic heterocycles. The Hall–Kier alpha value is -2.63. The zero-order chi connectivity index (χ0) is 16.6. The molecule has 0 saturated heterocycles. The smallest absolute Gasteiger partial charge is 0.340 e. The van der Waals surface area contributed by atoms with Gasteiger partial charge in [-0.05, 0) is 42.7 Å². The minimum Gasteiger partial charge on any atom is -0.465 e. The summed E-state index contributed by atoms with van der Waals surface area (Å²) in [5, 5.41) is 0. The van der Waals surface area contributed by atoms with Crippen LogP contribution in [0.2, 0.25) is 0 Å². The van der Waals surface area contributed by atoms with Crippen molar-refractivity contribution in [1.29, 1.82) is 0 Å². The van der Waals surface area contributed by atoms with E-state index in [1.807, 2.05) is 4.57 Å². The predicted octanol–water partition coefficient (Wildman–Crippen LogP) is 2.81. The second-order valence-electron chi connectivity index (χ2n) is 5.29. The van der Waals surface area contributed by atoms with Crippen LogP contribution in [0.5, 0.6) is 0 Å². The zero-order valence-corrected chi connectivity index (χ0v) is 12.9. The topological polar surface area (TPSA) is 57.5 Å². The number of aromatic nitrogens is 1. The van der Waals surface area contributed by atoms with Crippen molar-refractivity contribution < 1.29 is 23.5 Å². The number of benzene rings is 1. The average Bonchev–Trinajstić information content (AvgIpc) is 3.14. The van der Waals surface area contributed by atoms with Crippen LogP contribution in [-0.2, 0) is 22.4 Å². The highest BCUT2D eigenvalue weighted by molar-refractivity contribution is 6.09.